The Labute approximate surface area is 131 Å². The first-order valence-corrected chi connectivity index (χ1v) is 7.06. The van der Waals surface area contributed by atoms with Crippen LogP contribution in [-0.2, 0) is 0 Å². The second-order valence-corrected chi connectivity index (χ2v) is 4.95. The van der Waals surface area contributed by atoms with Crippen molar-refractivity contribution < 1.29 is 9.59 Å². The third-order valence-electron chi connectivity index (χ3n) is 3.10. The van der Waals surface area contributed by atoms with Gasteiger partial charge in [0.1, 0.15) is 0 Å². The van der Waals surface area contributed by atoms with Gasteiger partial charge in [0.05, 0.1) is 0 Å². The Morgan fingerprint density at radius 3 is 1.77 bits per heavy atom. The second kappa shape index (κ2) is 8.62. The van der Waals surface area contributed by atoms with Crippen LogP contribution in [0.5, 0.6) is 0 Å². The van der Waals surface area contributed by atoms with Gasteiger partial charge in [-0.05, 0) is 31.9 Å². The minimum absolute atomic E-state index is 0.370. The van der Waals surface area contributed by atoms with Gasteiger partial charge >= 0.3 is 6.03 Å². The molecule has 3 amide bonds. The summed E-state index contributed by atoms with van der Waals surface area (Å²) in [6, 6.07) is 15.3. The van der Waals surface area contributed by atoms with E-state index in [1.165, 1.54) is 12.6 Å². The molecule has 2 aromatic rings. The molecule has 0 radical (unpaired) electrons. The molecule has 0 saturated carbocycles. The van der Waals surface area contributed by atoms with Crippen LogP contribution >= 0.6 is 0 Å². The molecular weight excluding hydrogens is 276 g/mol. The first-order valence-electron chi connectivity index (χ1n) is 7.06. The molecule has 0 aliphatic carbocycles. The highest BCUT2D eigenvalue weighted by Crippen LogP contribution is 2.12. The predicted octanol–water partition coefficient (Wildman–Crippen LogP) is 3.37. The molecule has 0 fully saturated rings. The summed E-state index contributed by atoms with van der Waals surface area (Å²) in [7, 11) is 1.47. The van der Waals surface area contributed by atoms with E-state index < -0.39 is 6.03 Å². The highest BCUT2D eigenvalue weighted by Gasteiger charge is 2.13. The lowest BCUT2D eigenvalue weighted by atomic mass is 10.0. The number of carbonyl (C=O) groups is 2. The normalized spacial score (nSPS) is 9.27. The molecule has 0 spiro atoms. The third kappa shape index (κ3) is 5.40. The molecule has 0 aliphatic rings. The van der Waals surface area contributed by atoms with E-state index in [4.69, 9.17) is 0 Å². The van der Waals surface area contributed by atoms with Crippen molar-refractivity contribution in [1.82, 2.24) is 10.6 Å². The topological polar surface area (TPSA) is 58.2 Å². The van der Waals surface area contributed by atoms with Crippen molar-refractivity contribution in [3.63, 3.8) is 0 Å². The molecule has 2 N–H and O–H groups in total. The fourth-order valence-electron chi connectivity index (χ4n) is 1.94. The lowest BCUT2D eigenvalue weighted by Crippen LogP contribution is -2.38. The highest BCUT2D eigenvalue weighted by molar-refractivity contribution is 6.05. The Kier molecular flexibility index (Phi) is 6.83. The molecule has 0 aromatic heterocycles. The Morgan fingerprint density at radius 2 is 1.36 bits per heavy atom. The maximum Gasteiger partial charge on any atom is 0.321 e. The zero-order valence-electron chi connectivity index (χ0n) is 13.4. The molecule has 2 rings (SSSR count). The predicted molar refractivity (Wildman–Crippen MR) is 89.0 cm³/mol. The van der Waals surface area contributed by atoms with Gasteiger partial charge in [-0.1, -0.05) is 54.1 Å². The first-order chi connectivity index (χ1) is 10.5. The molecule has 0 atom stereocenters. The number of benzene rings is 2. The zero-order valence-corrected chi connectivity index (χ0v) is 13.4. The average molecular weight is 298 g/mol. The molecule has 0 heterocycles. The molecule has 0 bridgehead atoms. The molecule has 116 valence electrons. The maximum absolute atomic E-state index is 11.7. The van der Waals surface area contributed by atoms with Crippen LogP contribution in [0.1, 0.15) is 27.0 Å². The summed E-state index contributed by atoms with van der Waals surface area (Å²) in [5.74, 6) is -0.370. The van der Waals surface area contributed by atoms with Gasteiger partial charge in [0.25, 0.3) is 5.91 Å². The number of nitrogens with one attached hydrogen (secondary N) is 2. The fourth-order valence-corrected chi connectivity index (χ4v) is 1.94. The van der Waals surface area contributed by atoms with Gasteiger partial charge < -0.3 is 5.32 Å². The van der Waals surface area contributed by atoms with Gasteiger partial charge in [-0.2, -0.15) is 0 Å². The third-order valence-corrected chi connectivity index (χ3v) is 3.10. The maximum atomic E-state index is 11.7. The van der Waals surface area contributed by atoms with Crippen molar-refractivity contribution in [3.05, 3.63) is 70.8 Å². The number of imide groups is 1. The molecule has 0 unspecified atom stereocenters. The molecule has 0 aliphatic heterocycles. The number of hydrogen-bond acceptors (Lipinski definition) is 2. The van der Waals surface area contributed by atoms with Gasteiger partial charge in [0.2, 0.25) is 0 Å². The Balaban J connectivity index is 0.000000287. The zero-order chi connectivity index (χ0) is 16.5. The van der Waals surface area contributed by atoms with Crippen LogP contribution in [0.2, 0.25) is 0 Å². The van der Waals surface area contributed by atoms with E-state index in [-0.39, 0.29) is 5.91 Å². The van der Waals surface area contributed by atoms with Crippen molar-refractivity contribution in [2.24, 2.45) is 0 Å². The number of hydrogen-bond donors (Lipinski definition) is 2. The molecule has 22 heavy (non-hydrogen) atoms. The smallest absolute Gasteiger partial charge is 0.321 e. The van der Waals surface area contributed by atoms with E-state index in [9.17, 15) is 9.59 Å². The van der Waals surface area contributed by atoms with Crippen molar-refractivity contribution in [1.29, 1.82) is 0 Å². The van der Waals surface area contributed by atoms with E-state index in [0.29, 0.717) is 5.56 Å². The van der Waals surface area contributed by atoms with Crippen molar-refractivity contribution in [3.8, 4) is 0 Å². The highest BCUT2D eigenvalue weighted by atomic mass is 16.2. The summed E-state index contributed by atoms with van der Waals surface area (Å²) in [6.45, 7) is 5.76. The number of rotatable bonds is 1. The monoisotopic (exact) mass is 298 g/mol. The standard InChI is InChI=1S/C11H14N2O2.C7H8/c1-7-5-4-6-8(2)9(7)10(14)13-11(15)12-3;1-7-5-3-2-4-6-7/h4-6H,1-3H3,(H2,12,13,14,15);2-6H,1H3. The van der Waals surface area contributed by atoms with Gasteiger partial charge in [-0.15, -0.1) is 0 Å². The van der Waals surface area contributed by atoms with E-state index in [1.54, 1.807) is 0 Å². The minimum atomic E-state index is -0.498. The fraction of sp³-hybridized carbons (Fsp3) is 0.222. The van der Waals surface area contributed by atoms with Crippen LogP contribution in [0, 0.1) is 20.8 Å². The van der Waals surface area contributed by atoms with Crippen molar-refractivity contribution in [2.75, 3.05) is 7.05 Å². The Morgan fingerprint density at radius 1 is 0.818 bits per heavy atom. The summed E-state index contributed by atoms with van der Waals surface area (Å²) < 4.78 is 0. The summed E-state index contributed by atoms with van der Waals surface area (Å²) in [4.78, 5) is 22.7. The van der Waals surface area contributed by atoms with E-state index >= 15 is 0 Å². The first kappa shape index (κ1) is 17.4. The molecule has 0 saturated heterocycles. The van der Waals surface area contributed by atoms with Crippen molar-refractivity contribution >= 4 is 11.9 Å². The second-order valence-electron chi connectivity index (χ2n) is 4.95. The lowest BCUT2D eigenvalue weighted by Gasteiger charge is -2.08. The van der Waals surface area contributed by atoms with Gasteiger partial charge in [0, 0.05) is 12.6 Å². The molecule has 2 aromatic carbocycles. The van der Waals surface area contributed by atoms with Crippen LogP contribution in [0.15, 0.2) is 48.5 Å². The van der Waals surface area contributed by atoms with Crippen LogP contribution in [-0.4, -0.2) is 19.0 Å². The van der Waals surface area contributed by atoms with Crippen LogP contribution in [0.25, 0.3) is 0 Å². The number of carbonyl (C=O) groups excluding carboxylic acids is 2. The number of aryl methyl sites for hydroxylation is 3. The quantitative estimate of drug-likeness (QED) is 0.848. The Bertz CT molecular complexity index is 617. The summed E-state index contributed by atoms with van der Waals surface area (Å²) in [6.07, 6.45) is 0. The van der Waals surface area contributed by atoms with Crippen molar-refractivity contribution in [2.45, 2.75) is 20.8 Å². The largest absolute Gasteiger partial charge is 0.341 e. The summed E-state index contributed by atoms with van der Waals surface area (Å²) in [5, 5.41) is 4.57. The molecular formula is C18H22N2O2. The summed E-state index contributed by atoms with van der Waals surface area (Å²) >= 11 is 0. The lowest BCUT2D eigenvalue weighted by molar-refractivity contribution is 0.0963. The average Bonchev–Trinajstić information content (AvgIpc) is 2.48. The number of amides is 3. The van der Waals surface area contributed by atoms with Gasteiger partial charge in [-0.25, -0.2) is 4.79 Å². The SMILES string of the molecule is CNC(=O)NC(=O)c1c(C)cccc1C.Cc1ccccc1. The molecule has 4 heteroatoms. The Hall–Kier alpha value is -2.62. The minimum Gasteiger partial charge on any atom is -0.341 e. The molecule has 4 nitrogen and oxygen atoms in total. The van der Waals surface area contributed by atoms with Gasteiger partial charge in [-0.3, -0.25) is 10.1 Å². The number of urea groups is 1. The van der Waals surface area contributed by atoms with Crippen LogP contribution in [0.3, 0.4) is 0 Å². The van der Waals surface area contributed by atoms with E-state index in [2.05, 4.69) is 29.7 Å². The van der Waals surface area contributed by atoms with Crippen LogP contribution < -0.4 is 10.6 Å². The van der Waals surface area contributed by atoms with Gasteiger partial charge in [0.15, 0.2) is 0 Å². The van der Waals surface area contributed by atoms with Crippen LogP contribution in [0.4, 0.5) is 4.79 Å². The summed E-state index contributed by atoms with van der Waals surface area (Å²) in [5.41, 5.74) is 3.59. The van der Waals surface area contributed by atoms with E-state index in [0.717, 1.165) is 11.1 Å². The van der Waals surface area contributed by atoms with E-state index in [1.807, 2.05) is 50.2 Å².